The van der Waals surface area contributed by atoms with Gasteiger partial charge in [-0.15, -0.1) is 12.6 Å². The molecule has 0 saturated heterocycles. The van der Waals surface area contributed by atoms with Gasteiger partial charge in [-0.05, 0) is 24.1 Å². The van der Waals surface area contributed by atoms with Crippen molar-refractivity contribution in [3.63, 3.8) is 0 Å². The summed E-state index contributed by atoms with van der Waals surface area (Å²) in [5, 5.41) is 9.22. The number of hydrogen-bond donors (Lipinski definition) is 1. The van der Waals surface area contributed by atoms with E-state index < -0.39 is 0 Å². The molecule has 0 aromatic heterocycles. The lowest BCUT2D eigenvalue weighted by molar-refractivity contribution is 0.420. The van der Waals surface area contributed by atoms with Gasteiger partial charge in [-0.3, -0.25) is 0 Å². The van der Waals surface area contributed by atoms with Crippen molar-refractivity contribution in [1.82, 2.24) is 4.90 Å². The fourth-order valence-corrected chi connectivity index (χ4v) is 1.85. The van der Waals surface area contributed by atoms with Crippen molar-refractivity contribution < 1.29 is 0 Å². The van der Waals surface area contributed by atoms with Gasteiger partial charge < -0.3 is 4.90 Å². The summed E-state index contributed by atoms with van der Waals surface area (Å²) < 4.78 is 0.554. The Morgan fingerprint density at radius 1 is 1.41 bits per heavy atom. The highest BCUT2D eigenvalue weighted by atomic mass is 35.5. The first-order chi connectivity index (χ1) is 8.13. The fourth-order valence-electron chi connectivity index (χ4n) is 1.40. The van der Waals surface area contributed by atoms with Gasteiger partial charge in [0.15, 0.2) is 0 Å². The zero-order valence-corrected chi connectivity index (χ0v) is 11.7. The summed E-state index contributed by atoms with van der Waals surface area (Å²) in [5.74, 6) is 0. The molecule has 1 aromatic rings. The molecular weight excluding hydrogens is 272 g/mol. The molecule has 0 aliphatic heterocycles. The van der Waals surface area contributed by atoms with E-state index in [0.29, 0.717) is 17.3 Å². The molecule has 90 valence electrons. The van der Waals surface area contributed by atoms with Gasteiger partial charge in [-0.2, -0.15) is 5.26 Å². The van der Waals surface area contributed by atoms with E-state index >= 15 is 0 Å². The monoisotopic (exact) mass is 284 g/mol. The van der Waals surface area contributed by atoms with Gasteiger partial charge in [0.2, 0.25) is 0 Å². The maximum absolute atomic E-state index is 8.50. The van der Waals surface area contributed by atoms with Crippen molar-refractivity contribution >= 4 is 40.8 Å². The number of unbranched alkanes of at least 4 members (excludes halogenated alkanes) is 1. The highest BCUT2D eigenvalue weighted by Crippen LogP contribution is 2.13. The summed E-state index contributed by atoms with van der Waals surface area (Å²) in [6.07, 6.45) is 1.33. The number of nitrogens with zero attached hydrogens (tertiary/aromatic N) is 2. The molecule has 2 nitrogen and oxygen atoms in total. The predicted octanol–water partition coefficient (Wildman–Crippen LogP) is 3.66. The fraction of sp³-hybridized carbons (Fsp3) is 0.333. The second-order valence-corrected chi connectivity index (χ2v) is 5.14. The first-order valence-electron chi connectivity index (χ1n) is 5.22. The molecule has 0 atom stereocenters. The van der Waals surface area contributed by atoms with Crippen molar-refractivity contribution in [2.45, 2.75) is 19.4 Å². The lowest BCUT2D eigenvalue weighted by Crippen LogP contribution is -2.26. The molecule has 0 saturated carbocycles. The van der Waals surface area contributed by atoms with Crippen LogP contribution >= 0.6 is 36.4 Å². The smallest absolute Gasteiger partial charge is 0.133 e. The van der Waals surface area contributed by atoms with Gasteiger partial charge in [-0.25, -0.2) is 0 Å². The SMILES string of the molecule is N#CCCCN(Cc1ccc(Cl)cc1)C(=S)S. The first kappa shape index (κ1) is 14.3. The topological polar surface area (TPSA) is 27.0 Å². The average molecular weight is 285 g/mol. The van der Waals surface area contributed by atoms with Crippen LogP contribution in [0.2, 0.25) is 5.02 Å². The van der Waals surface area contributed by atoms with Crippen molar-refractivity contribution in [3.8, 4) is 6.07 Å². The van der Waals surface area contributed by atoms with Crippen LogP contribution in [-0.2, 0) is 6.54 Å². The number of hydrogen-bond acceptors (Lipinski definition) is 2. The van der Waals surface area contributed by atoms with Crippen molar-refractivity contribution in [1.29, 1.82) is 5.26 Å². The number of halogens is 1. The molecule has 0 heterocycles. The van der Waals surface area contributed by atoms with Gasteiger partial charge >= 0.3 is 0 Å². The van der Waals surface area contributed by atoms with E-state index in [4.69, 9.17) is 29.1 Å². The third-order valence-electron chi connectivity index (χ3n) is 2.27. The molecule has 1 rings (SSSR count). The molecule has 0 bridgehead atoms. The van der Waals surface area contributed by atoms with E-state index in [9.17, 15) is 0 Å². The lowest BCUT2D eigenvalue weighted by Gasteiger charge is -2.22. The standard InChI is InChI=1S/C12H13ClN2S2/c13-11-5-3-10(4-6-11)9-15(12(16)17)8-2-1-7-14/h3-6H,1-2,8-9H2,(H,16,17). The van der Waals surface area contributed by atoms with E-state index in [0.717, 1.165) is 23.6 Å². The van der Waals surface area contributed by atoms with E-state index in [2.05, 4.69) is 18.7 Å². The summed E-state index contributed by atoms with van der Waals surface area (Å²) in [4.78, 5) is 1.97. The molecule has 1 aromatic carbocycles. The van der Waals surface area contributed by atoms with Crippen molar-refractivity contribution in [2.75, 3.05) is 6.54 Å². The summed E-state index contributed by atoms with van der Waals surface area (Å²) in [5.41, 5.74) is 1.13. The summed E-state index contributed by atoms with van der Waals surface area (Å²) in [6, 6.07) is 9.76. The van der Waals surface area contributed by atoms with E-state index in [1.807, 2.05) is 29.2 Å². The Morgan fingerprint density at radius 2 is 2.06 bits per heavy atom. The number of benzene rings is 1. The number of thiol groups is 1. The Balaban J connectivity index is 2.57. The molecule has 0 amide bonds. The first-order valence-corrected chi connectivity index (χ1v) is 6.46. The molecule has 0 radical (unpaired) electrons. The third-order valence-corrected chi connectivity index (χ3v) is 3.07. The number of rotatable bonds is 5. The molecule has 0 spiro atoms. The molecule has 0 fully saturated rings. The normalized spacial score (nSPS) is 9.71. The van der Waals surface area contributed by atoms with Crippen LogP contribution in [0.5, 0.6) is 0 Å². The zero-order valence-electron chi connectivity index (χ0n) is 9.27. The minimum Gasteiger partial charge on any atom is -0.353 e. The highest BCUT2D eigenvalue weighted by Gasteiger charge is 2.06. The Kier molecular flexibility index (Phi) is 6.35. The third kappa shape index (κ3) is 5.40. The Labute approximate surface area is 118 Å². The minimum absolute atomic E-state index is 0.535. The minimum atomic E-state index is 0.535. The Bertz CT molecular complexity index is 412. The van der Waals surface area contributed by atoms with Crippen LogP contribution in [-0.4, -0.2) is 15.8 Å². The number of thiocarbonyl (C=S) groups is 1. The molecule has 0 N–H and O–H groups in total. The molecule has 17 heavy (non-hydrogen) atoms. The van der Waals surface area contributed by atoms with Crippen LogP contribution in [0.1, 0.15) is 18.4 Å². The second-order valence-electron chi connectivity index (χ2n) is 3.59. The predicted molar refractivity (Wildman–Crippen MR) is 78.3 cm³/mol. The Hall–Kier alpha value is -0.760. The Morgan fingerprint density at radius 3 is 2.59 bits per heavy atom. The van der Waals surface area contributed by atoms with Gasteiger partial charge in [0.25, 0.3) is 0 Å². The van der Waals surface area contributed by atoms with Gasteiger partial charge in [-0.1, -0.05) is 36.0 Å². The van der Waals surface area contributed by atoms with Gasteiger partial charge in [0.05, 0.1) is 6.07 Å². The maximum Gasteiger partial charge on any atom is 0.133 e. The van der Waals surface area contributed by atoms with Crippen LogP contribution in [0.25, 0.3) is 0 Å². The second kappa shape index (κ2) is 7.54. The van der Waals surface area contributed by atoms with Crippen molar-refractivity contribution in [3.05, 3.63) is 34.9 Å². The van der Waals surface area contributed by atoms with Gasteiger partial charge in [0.1, 0.15) is 4.32 Å². The highest BCUT2D eigenvalue weighted by molar-refractivity contribution is 8.10. The quantitative estimate of drug-likeness (QED) is 0.508. The van der Waals surface area contributed by atoms with E-state index in [1.54, 1.807) is 0 Å². The largest absolute Gasteiger partial charge is 0.353 e. The average Bonchev–Trinajstić information content (AvgIpc) is 2.30. The molecule has 0 unspecified atom stereocenters. The van der Waals surface area contributed by atoms with Gasteiger partial charge in [0, 0.05) is 24.5 Å². The maximum atomic E-state index is 8.50. The van der Waals surface area contributed by atoms with Crippen molar-refractivity contribution in [2.24, 2.45) is 0 Å². The lowest BCUT2D eigenvalue weighted by atomic mass is 10.2. The zero-order chi connectivity index (χ0) is 12.7. The summed E-state index contributed by atoms with van der Waals surface area (Å²) >= 11 is 15.1. The van der Waals surface area contributed by atoms with E-state index in [1.165, 1.54) is 0 Å². The van der Waals surface area contributed by atoms with Crippen LogP contribution in [0, 0.1) is 11.3 Å². The van der Waals surface area contributed by atoms with Crippen LogP contribution in [0.15, 0.2) is 24.3 Å². The molecular formula is C12H13ClN2S2. The van der Waals surface area contributed by atoms with E-state index in [-0.39, 0.29) is 0 Å². The number of nitriles is 1. The molecule has 5 heteroatoms. The summed E-state index contributed by atoms with van der Waals surface area (Å²) in [7, 11) is 0. The van der Waals surface area contributed by atoms with Crippen LogP contribution < -0.4 is 0 Å². The van der Waals surface area contributed by atoms with Crippen LogP contribution in [0.4, 0.5) is 0 Å². The van der Waals surface area contributed by atoms with Crippen LogP contribution in [0.3, 0.4) is 0 Å². The molecule has 0 aliphatic rings. The molecule has 0 aliphatic carbocycles. The summed E-state index contributed by atoms with van der Waals surface area (Å²) in [6.45, 7) is 1.45.